The monoisotopic (exact) mass is 405 g/mol. The number of hydrogen-bond acceptors (Lipinski definition) is 2. The van der Waals surface area contributed by atoms with E-state index in [1.54, 1.807) is 16.4 Å². The SMILES string of the molecule is Cc1ccc(S(=O)(=O)N2CC(C)(c3ccccc3)CC2Cc2ccccc2)cc1. The zero-order valence-electron chi connectivity index (χ0n) is 17.0. The van der Waals surface area contributed by atoms with Gasteiger partial charge in [0.2, 0.25) is 10.0 Å². The van der Waals surface area contributed by atoms with Crippen molar-refractivity contribution >= 4 is 10.0 Å². The fourth-order valence-electron chi connectivity index (χ4n) is 4.40. The number of hydrogen-bond donors (Lipinski definition) is 0. The van der Waals surface area contributed by atoms with E-state index in [0.717, 1.165) is 12.0 Å². The molecule has 4 rings (SSSR count). The van der Waals surface area contributed by atoms with Gasteiger partial charge < -0.3 is 0 Å². The molecule has 4 heteroatoms. The molecule has 3 aromatic carbocycles. The Bertz CT molecular complexity index is 1060. The van der Waals surface area contributed by atoms with Crippen molar-refractivity contribution < 1.29 is 8.42 Å². The van der Waals surface area contributed by atoms with Gasteiger partial charge in [-0.2, -0.15) is 4.31 Å². The molecule has 0 spiro atoms. The molecule has 0 aliphatic carbocycles. The Morgan fingerprint density at radius 3 is 2.10 bits per heavy atom. The van der Waals surface area contributed by atoms with E-state index in [4.69, 9.17) is 0 Å². The van der Waals surface area contributed by atoms with Crippen molar-refractivity contribution in [1.82, 2.24) is 4.31 Å². The van der Waals surface area contributed by atoms with E-state index in [1.807, 2.05) is 55.5 Å². The van der Waals surface area contributed by atoms with E-state index in [-0.39, 0.29) is 11.5 Å². The first-order valence-electron chi connectivity index (χ1n) is 10.1. The molecule has 0 bridgehead atoms. The van der Waals surface area contributed by atoms with E-state index >= 15 is 0 Å². The van der Waals surface area contributed by atoms with Gasteiger partial charge in [0, 0.05) is 18.0 Å². The van der Waals surface area contributed by atoms with Crippen LogP contribution in [0.25, 0.3) is 0 Å². The van der Waals surface area contributed by atoms with Crippen molar-refractivity contribution in [2.45, 2.75) is 43.0 Å². The van der Waals surface area contributed by atoms with Crippen LogP contribution in [-0.4, -0.2) is 25.3 Å². The maximum atomic E-state index is 13.6. The highest BCUT2D eigenvalue weighted by atomic mass is 32.2. The molecule has 0 radical (unpaired) electrons. The molecule has 150 valence electrons. The number of aryl methyl sites for hydroxylation is 1. The molecule has 0 N–H and O–H groups in total. The number of nitrogens with zero attached hydrogens (tertiary/aromatic N) is 1. The summed E-state index contributed by atoms with van der Waals surface area (Å²) in [6.07, 6.45) is 1.52. The van der Waals surface area contributed by atoms with Crippen LogP contribution in [0.5, 0.6) is 0 Å². The van der Waals surface area contributed by atoms with Gasteiger partial charge in [0.25, 0.3) is 0 Å². The van der Waals surface area contributed by atoms with Crippen LogP contribution in [0.15, 0.2) is 89.8 Å². The Hall–Kier alpha value is -2.43. The summed E-state index contributed by atoms with van der Waals surface area (Å²) in [5.74, 6) is 0. The topological polar surface area (TPSA) is 37.4 Å². The first-order chi connectivity index (χ1) is 13.9. The smallest absolute Gasteiger partial charge is 0.207 e. The normalized spacial score (nSPS) is 22.6. The molecule has 3 nitrogen and oxygen atoms in total. The summed E-state index contributed by atoms with van der Waals surface area (Å²) in [5.41, 5.74) is 3.21. The lowest BCUT2D eigenvalue weighted by Crippen LogP contribution is -2.38. The average molecular weight is 406 g/mol. The minimum Gasteiger partial charge on any atom is -0.207 e. The first-order valence-corrected chi connectivity index (χ1v) is 11.5. The Kier molecular flexibility index (Phi) is 5.32. The third-order valence-corrected chi connectivity index (χ3v) is 7.92. The average Bonchev–Trinajstić information content (AvgIpc) is 3.08. The van der Waals surface area contributed by atoms with Crippen LogP contribution in [-0.2, 0) is 21.9 Å². The van der Waals surface area contributed by atoms with Crippen molar-refractivity contribution in [2.24, 2.45) is 0 Å². The Morgan fingerprint density at radius 1 is 0.897 bits per heavy atom. The summed E-state index contributed by atoms with van der Waals surface area (Å²) < 4.78 is 28.9. The summed E-state index contributed by atoms with van der Waals surface area (Å²) in [6, 6.07) is 27.6. The van der Waals surface area contributed by atoms with Gasteiger partial charge >= 0.3 is 0 Å². The van der Waals surface area contributed by atoms with Crippen LogP contribution in [0, 0.1) is 6.92 Å². The zero-order chi connectivity index (χ0) is 20.5. The summed E-state index contributed by atoms with van der Waals surface area (Å²) in [6.45, 7) is 4.65. The Balaban J connectivity index is 1.72. The van der Waals surface area contributed by atoms with Gasteiger partial charge in [-0.05, 0) is 43.0 Å². The molecule has 0 saturated carbocycles. The van der Waals surface area contributed by atoms with Gasteiger partial charge in [-0.1, -0.05) is 85.3 Å². The van der Waals surface area contributed by atoms with Gasteiger partial charge in [-0.25, -0.2) is 8.42 Å². The predicted molar refractivity (Wildman–Crippen MR) is 117 cm³/mol. The fourth-order valence-corrected chi connectivity index (χ4v) is 6.14. The lowest BCUT2D eigenvalue weighted by Gasteiger charge is -2.25. The summed E-state index contributed by atoms with van der Waals surface area (Å²) in [7, 11) is -3.57. The quantitative estimate of drug-likeness (QED) is 0.602. The van der Waals surface area contributed by atoms with Crippen molar-refractivity contribution in [2.75, 3.05) is 6.54 Å². The minimum atomic E-state index is -3.57. The standard InChI is InChI=1S/C25H27NO2S/c1-20-13-15-24(16-14-20)29(27,28)26-19-25(2,22-11-7-4-8-12-22)18-23(26)17-21-9-5-3-6-10-21/h3-16,23H,17-19H2,1-2H3. The predicted octanol–water partition coefficient (Wildman–Crippen LogP) is 4.96. The maximum absolute atomic E-state index is 13.6. The molecular formula is C25H27NO2S. The third kappa shape index (κ3) is 4.00. The first kappa shape index (κ1) is 19.9. The van der Waals surface area contributed by atoms with Crippen LogP contribution in [0.1, 0.15) is 30.0 Å². The fraction of sp³-hybridized carbons (Fsp3) is 0.280. The number of sulfonamides is 1. The molecule has 2 atom stereocenters. The molecule has 0 amide bonds. The second kappa shape index (κ2) is 7.77. The van der Waals surface area contributed by atoms with E-state index in [9.17, 15) is 8.42 Å². The number of benzene rings is 3. The van der Waals surface area contributed by atoms with Crippen molar-refractivity contribution in [3.05, 3.63) is 102 Å². The molecule has 1 aliphatic heterocycles. The molecule has 1 heterocycles. The van der Waals surface area contributed by atoms with Crippen LogP contribution >= 0.6 is 0 Å². The van der Waals surface area contributed by atoms with Gasteiger partial charge in [0.1, 0.15) is 0 Å². The molecule has 0 aromatic heterocycles. The Labute approximate surface area is 174 Å². The lowest BCUT2D eigenvalue weighted by atomic mass is 9.80. The van der Waals surface area contributed by atoms with E-state index in [2.05, 4.69) is 31.2 Å². The van der Waals surface area contributed by atoms with E-state index in [1.165, 1.54) is 11.1 Å². The summed E-state index contributed by atoms with van der Waals surface area (Å²) in [5, 5.41) is 0. The summed E-state index contributed by atoms with van der Waals surface area (Å²) in [4.78, 5) is 0.374. The maximum Gasteiger partial charge on any atom is 0.243 e. The highest BCUT2D eigenvalue weighted by Crippen LogP contribution is 2.41. The molecular weight excluding hydrogens is 378 g/mol. The lowest BCUT2D eigenvalue weighted by molar-refractivity contribution is 0.382. The molecule has 3 aromatic rings. The van der Waals surface area contributed by atoms with Crippen LogP contribution in [0.4, 0.5) is 0 Å². The van der Waals surface area contributed by atoms with Gasteiger partial charge in [0.15, 0.2) is 0 Å². The zero-order valence-corrected chi connectivity index (χ0v) is 17.8. The second-order valence-electron chi connectivity index (χ2n) is 8.34. The van der Waals surface area contributed by atoms with Crippen molar-refractivity contribution in [1.29, 1.82) is 0 Å². The van der Waals surface area contributed by atoms with E-state index in [0.29, 0.717) is 17.9 Å². The molecule has 2 unspecified atom stereocenters. The van der Waals surface area contributed by atoms with Crippen LogP contribution in [0.2, 0.25) is 0 Å². The summed E-state index contributed by atoms with van der Waals surface area (Å²) >= 11 is 0. The Morgan fingerprint density at radius 2 is 1.48 bits per heavy atom. The molecule has 1 aliphatic rings. The number of rotatable bonds is 5. The molecule has 1 saturated heterocycles. The van der Waals surface area contributed by atoms with Gasteiger partial charge in [-0.15, -0.1) is 0 Å². The van der Waals surface area contributed by atoms with Crippen LogP contribution in [0.3, 0.4) is 0 Å². The molecule has 1 fully saturated rings. The molecule has 29 heavy (non-hydrogen) atoms. The van der Waals surface area contributed by atoms with Crippen molar-refractivity contribution in [3.63, 3.8) is 0 Å². The van der Waals surface area contributed by atoms with Gasteiger partial charge in [-0.3, -0.25) is 0 Å². The highest BCUT2D eigenvalue weighted by molar-refractivity contribution is 7.89. The third-order valence-electron chi connectivity index (χ3n) is 6.01. The minimum absolute atomic E-state index is 0.0751. The van der Waals surface area contributed by atoms with Crippen molar-refractivity contribution in [3.8, 4) is 0 Å². The largest absolute Gasteiger partial charge is 0.243 e. The van der Waals surface area contributed by atoms with Crippen LogP contribution < -0.4 is 0 Å². The second-order valence-corrected chi connectivity index (χ2v) is 10.2. The van der Waals surface area contributed by atoms with E-state index < -0.39 is 10.0 Å². The van der Waals surface area contributed by atoms with Gasteiger partial charge in [0.05, 0.1) is 4.90 Å². The highest BCUT2D eigenvalue weighted by Gasteiger charge is 2.47.